The monoisotopic (exact) mass is 583 g/mol. The molecule has 0 fully saturated rings. The van der Waals surface area contributed by atoms with Gasteiger partial charge in [-0.25, -0.2) is 9.07 Å². The maximum absolute atomic E-state index is 14.4. The molecule has 0 radical (unpaired) electrons. The highest BCUT2D eigenvalue weighted by atomic mass is 35.5. The van der Waals surface area contributed by atoms with Crippen molar-refractivity contribution in [1.29, 1.82) is 0 Å². The number of amides is 1. The predicted octanol–water partition coefficient (Wildman–Crippen LogP) is 6.10. The summed E-state index contributed by atoms with van der Waals surface area (Å²) in [5.41, 5.74) is 1.65. The zero-order chi connectivity index (χ0) is 28.8. The number of carbonyl (C=O) groups excluding carboxylic acids is 1. The van der Waals surface area contributed by atoms with E-state index < -0.39 is 30.0 Å². The van der Waals surface area contributed by atoms with Crippen molar-refractivity contribution in [2.75, 3.05) is 18.6 Å². The molecule has 2 unspecified atom stereocenters. The van der Waals surface area contributed by atoms with Crippen LogP contribution in [0.5, 0.6) is 5.75 Å². The minimum atomic E-state index is -1.36. The Hall–Kier alpha value is -3.43. The number of nitrogens with zero attached hydrogens (tertiary/aromatic N) is 3. The average molecular weight is 584 g/mol. The van der Waals surface area contributed by atoms with E-state index in [4.69, 9.17) is 33.0 Å². The summed E-state index contributed by atoms with van der Waals surface area (Å²) in [7, 11) is 1.56. The van der Waals surface area contributed by atoms with Gasteiger partial charge in [-0.05, 0) is 53.9 Å². The van der Waals surface area contributed by atoms with E-state index in [1.165, 1.54) is 23.1 Å². The van der Waals surface area contributed by atoms with E-state index in [0.29, 0.717) is 39.0 Å². The van der Waals surface area contributed by atoms with Crippen LogP contribution in [0.15, 0.2) is 66.7 Å². The summed E-state index contributed by atoms with van der Waals surface area (Å²) in [6.07, 6.45) is -1.31. The first-order chi connectivity index (χ1) is 19.1. The molecule has 3 aromatic carbocycles. The minimum Gasteiger partial charge on any atom is -0.494 e. The molecule has 0 saturated carbocycles. The molecule has 7 nitrogen and oxygen atoms in total. The van der Waals surface area contributed by atoms with E-state index in [-0.39, 0.29) is 23.1 Å². The lowest BCUT2D eigenvalue weighted by atomic mass is 9.77. The number of methoxy groups -OCH3 is 1. The molecule has 40 heavy (non-hydrogen) atoms. The van der Waals surface area contributed by atoms with Gasteiger partial charge in [-0.3, -0.25) is 9.69 Å². The molecule has 10 heteroatoms. The normalized spacial score (nSPS) is 17.4. The lowest BCUT2D eigenvalue weighted by Gasteiger charge is -2.42. The summed E-state index contributed by atoms with van der Waals surface area (Å²) in [6.45, 7) is 3.43. The Morgan fingerprint density at radius 2 is 1.77 bits per heavy atom. The molecule has 5 rings (SSSR count). The van der Waals surface area contributed by atoms with Crippen molar-refractivity contribution in [3.05, 3.63) is 105 Å². The van der Waals surface area contributed by atoms with Crippen LogP contribution in [0.2, 0.25) is 10.0 Å². The van der Waals surface area contributed by atoms with Crippen LogP contribution in [0.4, 0.5) is 10.1 Å². The van der Waals surface area contributed by atoms with E-state index in [9.17, 15) is 19.4 Å². The van der Waals surface area contributed by atoms with Crippen LogP contribution in [0.3, 0.4) is 0 Å². The highest BCUT2D eigenvalue weighted by Gasteiger charge is 2.56. The van der Waals surface area contributed by atoms with Crippen molar-refractivity contribution >= 4 is 34.8 Å². The summed E-state index contributed by atoms with van der Waals surface area (Å²) in [6, 6.07) is 18.3. The van der Waals surface area contributed by atoms with Crippen molar-refractivity contribution in [2.24, 2.45) is 0 Å². The molecular weight excluding hydrogens is 556 g/mol. The second kappa shape index (κ2) is 10.9. The number of rotatable bonds is 8. The van der Waals surface area contributed by atoms with E-state index in [1.807, 2.05) is 38.1 Å². The fraction of sp³-hybridized carbons (Fsp3) is 0.267. The number of ether oxygens (including phenoxy) is 1. The third-order valence-corrected chi connectivity index (χ3v) is 7.75. The first kappa shape index (κ1) is 28.1. The number of hydrogen-bond donors (Lipinski definition) is 2. The number of fused-ring (bicyclic) bond motifs is 1. The topological polar surface area (TPSA) is 87.8 Å². The molecule has 2 N–H and O–H groups in total. The van der Waals surface area contributed by atoms with Gasteiger partial charge in [0, 0.05) is 22.7 Å². The van der Waals surface area contributed by atoms with Crippen LogP contribution in [-0.2, 0) is 5.54 Å². The van der Waals surface area contributed by atoms with Crippen molar-refractivity contribution in [2.45, 2.75) is 37.8 Å². The lowest BCUT2D eigenvalue weighted by molar-refractivity contribution is 0.0706. The van der Waals surface area contributed by atoms with Gasteiger partial charge in [0.2, 0.25) is 0 Å². The number of halogens is 3. The van der Waals surface area contributed by atoms with Crippen molar-refractivity contribution in [3.8, 4) is 11.4 Å². The summed E-state index contributed by atoms with van der Waals surface area (Å²) < 4.78 is 21.6. The van der Waals surface area contributed by atoms with E-state index >= 15 is 0 Å². The number of aliphatic hydroxyl groups is 2. The highest BCUT2D eigenvalue weighted by molar-refractivity contribution is 6.31. The van der Waals surface area contributed by atoms with Crippen LogP contribution in [0.1, 0.15) is 53.5 Å². The highest BCUT2D eigenvalue weighted by Crippen LogP contribution is 2.53. The van der Waals surface area contributed by atoms with Crippen LogP contribution >= 0.6 is 23.2 Å². The summed E-state index contributed by atoms with van der Waals surface area (Å²) in [5.74, 6) is -0.684. The van der Waals surface area contributed by atoms with Crippen LogP contribution < -0.4 is 9.64 Å². The summed E-state index contributed by atoms with van der Waals surface area (Å²) in [5, 5.41) is 26.1. The first-order valence-corrected chi connectivity index (χ1v) is 13.5. The van der Waals surface area contributed by atoms with Gasteiger partial charge in [0.1, 0.15) is 22.8 Å². The SMILES string of the molecule is COc1ccccc1-n1nc2c(c1C(C)C)C(CC(O)CO)(c1ccc(Cl)cc1)N(c1ccc(F)c(Cl)c1)C2=O. The van der Waals surface area contributed by atoms with Gasteiger partial charge < -0.3 is 14.9 Å². The van der Waals surface area contributed by atoms with E-state index in [0.717, 1.165) is 0 Å². The number of carbonyl (C=O) groups is 1. The van der Waals surface area contributed by atoms with Gasteiger partial charge >= 0.3 is 0 Å². The van der Waals surface area contributed by atoms with E-state index in [1.54, 1.807) is 36.1 Å². The molecule has 2 heterocycles. The fourth-order valence-electron chi connectivity index (χ4n) is 5.58. The Morgan fingerprint density at radius 3 is 2.40 bits per heavy atom. The molecule has 0 aliphatic carbocycles. The molecule has 0 spiro atoms. The van der Waals surface area contributed by atoms with Crippen LogP contribution in [-0.4, -0.2) is 45.7 Å². The molecule has 0 bridgehead atoms. The smallest absolute Gasteiger partial charge is 0.280 e. The van der Waals surface area contributed by atoms with Gasteiger partial charge in [-0.15, -0.1) is 0 Å². The van der Waals surface area contributed by atoms with Crippen molar-refractivity contribution in [3.63, 3.8) is 0 Å². The Labute approximate surface area is 241 Å². The van der Waals surface area contributed by atoms with Crippen LogP contribution in [0, 0.1) is 5.82 Å². The number of aliphatic hydroxyl groups excluding tert-OH is 2. The largest absolute Gasteiger partial charge is 0.494 e. The molecule has 1 aliphatic rings. The van der Waals surface area contributed by atoms with Crippen molar-refractivity contribution < 1.29 is 24.1 Å². The summed E-state index contributed by atoms with van der Waals surface area (Å²) in [4.78, 5) is 15.9. The Kier molecular flexibility index (Phi) is 7.63. The minimum absolute atomic E-state index is 0.0871. The summed E-state index contributed by atoms with van der Waals surface area (Å²) >= 11 is 12.4. The Morgan fingerprint density at radius 1 is 1.07 bits per heavy atom. The number of aromatic nitrogens is 2. The number of anilines is 1. The second-order valence-electron chi connectivity index (χ2n) is 9.99. The zero-order valence-corrected chi connectivity index (χ0v) is 23.6. The molecule has 1 aromatic heterocycles. The standard InChI is InChI=1S/C30H28Cl2FN3O4/c1-17(2)28-26-27(34-36(28)24-6-4-5-7-25(24)40-3)29(39)35(20-12-13-23(33)22(32)14-20)30(26,15-21(38)16-37)18-8-10-19(31)11-9-18/h4-14,17,21,37-38H,15-16H2,1-3H3. The molecule has 2 atom stereocenters. The molecule has 1 aliphatic heterocycles. The quantitative estimate of drug-likeness (QED) is 0.262. The van der Waals surface area contributed by atoms with Gasteiger partial charge in [-0.2, -0.15) is 5.10 Å². The third-order valence-electron chi connectivity index (χ3n) is 7.21. The number of hydrogen-bond acceptors (Lipinski definition) is 5. The molecule has 208 valence electrons. The van der Waals surface area contributed by atoms with Gasteiger partial charge in [0.25, 0.3) is 5.91 Å². The van der Waals surface area contributed by atoms with Crippen LogP contribution in [0.25, 0.3) is 5.69 Å². The molecule has 4 aromatic rings. The lowest BCUT2D eigenvalue weighted by Crippen LogP contribution is -2.48. The predicted molar refractivity (Wildman–Crippen MR) is 152 cm³/mol. The van der Waals surface area contributed by atoms with Gasteiger partial charge in [0.05, 0.1) is 30.5 Å². The Bertz CT molecular complexity index is 1570. The molecule has 0 saturated heterocycles. The third kappa shape index (κ3) is 4.45. The number of para-hydroxylation sites is 2. The Balaban J connectivity index is 1.91. The maximum atomic E-state index is 14.4. The number of benzene rings is 3. The van der Waals surface area contributed by atoms with Crippen molar-refractivity contribution in [1.82, 2.24) is 9.78 Å². The maximum Gasteiger partial charge on any atom is 0.280 e. The van der Waals surface area contributed by atoms with Gasteiger partial charge in [0.15, 0.2) is 5.69 Å². The zero-order valence-electron chi connectivity index (χ0n) is 22.1. The second-order valence-corrected chi connectivity index (χ2v) is 10.8. The van der Waals surface area contributed by atoms with E-state index in [2.05, 4.69) is 0 Å². The van der Waals surface area contributed by atoms with Gasteiger partial charge in [-0.1, -0.05) is 61.3 Å². The fourth-order valence-corrected chi connectivity index (χ4v) is 5.88. The molecule has 1 amide bonds. The average Bonchev–Trinajstić information content (AvgIpc) is 3.45. The first-order valence-electron chi connectivity index (χ1n) is 12.7. The molecular formula is C30H28Cl2FN3O4.